The van der Waals surface area contributed by atoms with Gasteiger partial charge in [0.2, 0.25) is 5.91 Å². The predicted molar refractivity (Wildman–Crippen MR) is 69.9 cm³/mol. The van der Waals surface area contributed by atoms with Gasteiger partial charge in [0.05, 0.1) is 5.56 Å². The van der Waals surface area contributed by atoms with E-state index in [9.17, 15) is 9.59 Å². The molecule has 1 amide bonds. The lowest BCUT2D eigenvalue weighted by Crippen LogP contribution is -2.37. The van der Waals surface area contributed by atoms with Gasteiger partial charge in [-0.3, -0.25) is 4.79 Å². The molecule has 1 unspecified atom stereocenters. The molecule has 0 spiro atoms. The molecule has 0 bridgehead atoms. The van der Waals surface area contributed by atoms with E-state index in [0.717, 1.165) is 5.56 Å². The Hall–Kier alpha value is -2.04. The van der Waals surface area contributed by atoms with Crippen LogP contribution in [-0.4, -0.2) is 29.6 Å². The third-order valence-corrected chi connectivity index (χ3v) is 2.52. The minimum absolute atomic E-state index is 0.157. The molecule has 98 valence electrons. The number of carboxylic acid groups (broad SMARTS) is 1. The number of benzene rings is 1. The number of anilines is 1. The number of rotatable bonds is 5. The molecule has 5 nitrogen and oxygen atoms in total. The van der Waals surface area contributed by atoms with Crippen LogP contribution in [0.1, 0.15) is 29.8 Å². The highest BCUT2D eigenvalue weighted by atomic mass is 16.4. The minimum atomic E-state index is -1.01. The van der Waals surface area contributed by atoms with E-state index in [4.69, 9.17) is 5.11 Å². The molecule has 0 saturated carbocycles. The van der Waals surface area contributed by atoms with E-state index in [2.05, 4.69) is 10.6 Å². The van der Waals surface area contributed by atoms with Crippen LogP contribution in [0.15, 0.2) is 18.2 Å². The van der Waals surface area contributed by atoms with E-state index >= 15 is 0 Å². The molecule has 1 rings (SSSR count). The highest BCUT2D eigenvalue weighted by Gasteiger charge is 2.16. The average molecular weight is 250 g/mol. The summed E-state index contributed by atoms with van der Waals surface area (Å²) in [4.78, 5) is 22.7. The summed E-state index contributed by atoms with van der Waals surface area (Å²) in [6.07, 6.45) is 0. The van der Waals surface area contributed by atoms with Gasteiger partial charge in [0.1, 0.15) is 6.04 Å². The van der Waals surface area contributed by atoms with Gasteiger partial charge in [0.25, 0.3) is 0 Å². The Bertz CT molecular complexity index is 458. The Balaban J connectivity index is 2.92. The van der Waals surface area contributed by atoms with Gasteiger partial charge >= 0.3 is 5.97 Å². The number of carboxylic acids is 1. The van der Waals surface area contributed by atoms with E-state index < -0.39 is 12.0 Å². The van der Waals surface area contributed by atoms with Crippen LogP contribution in [0, 0.1) is 6.92 Å². The van der Waals surface area contributed by atoms with Crippen molar-refractivity contribution in [2.45, 2.75) is 26.8 Å². The van der Waals surface area contributed by atoms with E-state index in [1.165, 1.54) is 6.07 Å². The molecule has 0 aliphatic rings. The van der Waals surface area contributed by atoms with Crippen LogP contribution in [0.25, 0.3) is 0 Å². The minimum Gasteiger partial charge on any atom is -0.478 e. The van der Waals surface area contributed by atoms with Gasteiger partial charge in [-0.25, -0.2) is 4.79 Å². The summed E-state index contributed by atoms with van der Waals surface area (Å²) >= 11 is 0. The smallest absolute Gasteiger partial charge is 0.337 e. The van der Waals surface area contributed by atoms with Crippen LogP contribution in [0.4, 0.5) is 5.69 Å². The molecule has 0 heterocycles. The second-order valence-corrected chi connectivity index (χ2v) is 4.11. The average Bonchev–Trinajstić information content (AvgIpc) is 2.28. The van der Waals surface area contributed by atoms with Crippen LogP contribution >= 0.6 is 0 Å². The number of aromatic carboxylic acids is 1. The van der Waals surface area contributed by atoms with Gasteiger partial charge in [-0.15, -0.1) is 0 Å². The molecule has 0 saturated heterocycles. The van der Waals surface area contributed by atoms with Crippen molar-refractivity contribution in [1.29, 1.82) is 0 Å². The Labute approximate surface area is 106 Å². The lowest BCUT2D eigenvalue weighted by Gasteiger charge is -2.16. The van der Waals surface area contributed by atoms with Crippen molar-refractivity contribution in [1.82, 2.24) is 5.32 Å². The molecule has 0 fully saturated rings. The highest BCUT2D eigenvalue weighted by molar-refractivity contribution is 5.95. The number of carbonyl (C=O) groups excluding carboxylic acids is 1. The zero-order chi connectivity index (χ0) is 13.7. The monoisotopic (exact) mass is 250 g/mol. The quantitative estimate of drug-likeness (QED) is 0.742. The Morgan fingerprint density at radius 2 is 2.06 bits per heavy atom. The van der Waals surface area contributed by atoms with Crippen LogP contribution in [-0.2, 0) is 4.79 Å². The lowest BCUT2D eigenvalue weighted by atomic mass is 10.1. The van der Waals surface area contributed by atoms with Crippen molar-refractivity contribution in [2.75, 3.05) is 11.9 Å². The summed E-state index contributed by atoms with van der Waals surface area (Å²) in [6.45, 7) is 5.94. The lowest BCUT2D eigenvalue weighted by molar-refractivity contribution is -0.121. The van der Waals surface area contributed by atoms with Crippen molar-refractivity contribution in [3.63, 3.8) is 0 Å². The zero-order valence-electron chi connectivity index (χ0n) is 10.8. The van der Waals surface area contributed by atoms with Gasteiger partial charge in [-0.2, -0.15) is 0 Å². The Kier molecular flexibility index (Phi) is 4.71. The molecule has 1 aromatic carbocycles. The second-order valence-electron chi connectivity index (χ2n) is 4.11. The number of nitrogens with one attached hydrogen (secondary N) is 2. The first-order valence-corrected chi connectivity index (χ1v) is 5.84. The summed E-state index contributed by atoms with van der Waals surface area (Å²) < 4.78 is 0. The maximum Gasteiger partial charge on any atom is 0.337 e. The maximum absolute atomic E-state index is 11.6. The highest BCUT2D eigenvalue weighted by Crippen LogP contribution is 2.18. The van der Waals surface area contributed by atoms with Crippen LogP contribution in [0.3, 0.4) is 0 Å². The predicted octanol–water partition coefficient (Wildman–Crippen LogP) is 1.63. The van der Waals surface area contributed by atoms with Gasteiger partial charge in [-0.05, 0) is 38.5 Å². The van der Waals surface area contributed by atoms with E-state index in [1.54, 1.807) is 19.1 Å². The summed E-state index contributed by atoms with van der Waals surface area (Å²) in [5.74, 6) is -1.17. The molecule has 1 atom stereocenters. The molecular weight excluding hydrogens is 232 g/mol. The number of hydrogen-bond donors (Lipinski definition) is 3. The fourth-order valence-electron chi connectivity index (χ4n) is 1.59. The summed E-state index contributed by atoms with van der Waals surface area (Å²) in [6, 6.07) is 4.50. The van der Waals surface area contributed by atoms with Gasteiger partial charge in [0, 0.05) is 12.2 Å². The van der Waals surface area contributed by atoms with Crippen molar-refractivity contribution in [3.8, 4) is 0 Å². The van der Waals surface area contributed by atoms with Crippen molar-refractivity contribution in [2.24, 2.45) is 0 Å². The standard InChI is InChI=1S/C13H18N2O3/c1-4-14-12(16)9(3)15-11-7-8(2)5-6-10(11)13(17)18/h5-7,9,15H,4H2,1-3H3,(H,14,16)(H,17,18). The zero-order valence-corrected chi connectivity index (χ0v) is 10.8. The van der Waals surface area contributed by atoms with E-state index in [0.29, 0.717) is 12.2 Å². The van der Waals surface area contributed by atoms with Crippen molar-refractivity contribution < 1.29 is 14.7 Å². The number of hydrogen-bond acceptors (Lipinski definition) is 3. The third-order valence-electron chi connectivity index (χ3n) is 2.52. The van der Waals surface area contributed by atoms with Crippen LogP contribution < -0.4 is 10.6 Å². The molecular formula is C13H18N2O3. The van der Waals surface area contributed by atoms with E-state index in [-0.39, 0.29) is 11.5 Å². The first-order valence-electron chi connectivity index (χ1n) is 5.84. The molecule has 0 aliphatic heterocycles. The fraction of sp³-hybridized carbons (Fsp3) is 0.385. The van der Waals surface area contributed by atoms with Crippen LogP contribution in [0.5, 0.6) is 0 Å². The number of likely N-dealkylation sites (N-methyl/N-ethyl adjacent to an activating group) is 1. The molecule has 18 heavy (non-hydrogen) atoms. The second kappa shape index (κ2) is 6.05. The molecule has 1 aromatic rings. The Morgan fingerprint density at radius 1 is 1.39 bits per heavy atom. The van der Waals surface area contributed by atoms with Crippen LogP contribution in [0.2, 0.25) is 0 Å². The SMILES string of the molecule is CCNC(=O)C(C)Nc1cc(C)ccc1C(=O)O. The molecule has 0 aromatic heterocycles. The first-order chi connectivity index (χ1) is 8.45. The van der Waals surface area contributed by atoms with Gasteiger partial charge in [-0.1, -0.05) is 6.07 Å². The van der Waals surface area contributed by atoms with Gasteiger partial charge in [0.15, 0.2) is 0 Å². The molecule has 0 radical (unpaired) electrons. The molecule has 5 heteroatoms. The fourth-order valence-corrected chi connectivity index (χ4v) is 1.59. The van der Waals surface area contributed by atoms with Crippen molar-refractivity contribution in [3.05, 3.63) is 29.3 Å². The maximum atomic E-state index is 11.6. The van der Waals surface area contributed by atoms with Crippen molar-refractivity contribution >= 4 is 17.6 Å². The summed E-state index contributed by atoms with van der Waals surface area (Å²) in [5, 5.41) is 14.7. The summed E-state index contributed by atoms with van der Waals surface area (Å²) in [5.41, 5.74) is 1.56. The van der Waals surface area contributed by atoms with E-state index in [1.807, 2.05) is 13.8 Å². The molecule has 0 aliphatic carbocycles. The van der Waals surface area contributed by atoms with Gasteiger partial charge < -0.3 is 15.7 Å². The number of amides is 1. The summed E-state index contributed by atoms with van der Waals surface area (Å²) in [7, 11) is 0. The Morgan fingerprint density at radius 3 is 2.61 bits per heavy atom. The topological polar surface area (TPSA) is 78.4 Å². The third kappa shape index (κ3) is 3.48. The number of aryl methyl sites for hydroxylation is 1. The first kappa shape index (κ1) is 14.0. The molecule has 3 N–H and O–H groups in total. The largest absolute Gasteiger partial charge is 0.478 e. The normalized spacial score (nSPS) is 11.7. The number of carbonyl (C=O) groups is 2.